The van der Waals surface area contributed by atoms with Gasteiger partial charge in [0.05, 0.1) is 12.1 Å². The van der Waals surface area contributed by atoms with Crippen molar-refractivity contribution in [2.75, 3.05) is 13.7 Å². The second-order valence-electron chi connectivity index (χ2n) is 4.22. The summed E-state index contributed by atoms with van der Waals surface area (Å²) in [5, 5.41) is 9.60. The normalized spacial score (nSPS) is 23.6. The third kappa shape index (κ3) is 2.24. The third-order valence-corrected chi connectivity index (χ3v) is 3.14. The number of hydrogen-bond donors (Lipinski definition) is 1. The van der Waals surface area contributed by atoms with Crippen LogP contribution < -0.4 is 0 Å². The van der Waals surface area contributed by atoms with Gasteiger partial charge >= 0.3 is 0 Å². The summed E-state index contributed by atoms with van der Waals surface area (Å²) in [6.45, 7) is 2.61. The van der Waals surface area contributed by atoms with Crippen molar-refractivity contribution in [2.45, 2.75) is 25.5 Å². The highest BCUT2D eigenvalue weighted by Crippen LogP contribution is 2.22. The molecule has 2 rings (SSSR count). The van der Waals surface area contributed by atoms with E-state index in [0.717, 1.165) is 6.42 Å². The van der Waals surface area contributed by atoms with Crippen LogP contribution in [-0.4, -0.2) is 46.7 Å². The summed E-state index contributed by atoms with van der Waals surface area (Å²) in [4.78, 5) is 17.7. The minimum Gasteiger partial charge on any atom is -0.505 e. The fourth-order valence-electron chi connectivity index (χ4n) is 2.11. The molecule has 0 saturated carbocycles. The zero-order valence-electron chi connectivity index (χ0n) is 9.96. The number of nitrogens with zero attached hydrogens (tertiary/aromatic N) is 2. The molecule has 0 spiro atoms. The predicted octanol–water partition coefficient (Wildman–Crippen LogP) is 1.04. The van der Waals surface area contributed by atoms with Crippen molar-refractivity contribution in [3.05, 3.63) is 24.0 Å². The van der Waals surface area contributed by atoms with Gasteiger partial charge in [0.25, 0.3) is 5.91 Å². The molecule has 0 aromatic carbocycles. The lowest BCUT2D eigenvalue weighted by molar-refractivity contribution is 0.0567. The topological polar surface area (TPSA) is 62.7 Å². The van der Waals surface area contributed by atoms with E-state index in [1.165, 1.54) is 12.3 Å². The molecule has 1 amide bonds. The van der Waals surface area contributed by atoms with Crippen LogP contribution in [0.1, 0.15) is 23.8 Å². The van der Waals surface area contributed by atoms with Crippen molar-refractivity contribution in [3.63, 3.8) is 0 Å². The molecule has 1 aromatic heterocycles. The number of hydrogen-bond acceptors (Lipinski definition) is 4. The molecule has 5 nitrogen and oxygen atoms in total. The van der Waals surface area contributed by atoms with Crippen molar-refractivity contribution < 1.29 is 14.6 Å². The van der Waals surface area contributed by atoms with Gasteiger partial charge in [-0.1, -0.05) is 0 Å². The lowest BCUT2D eigenvalue weighted by Crippen LogP contribution is -2.41. The number of ether oxygens (including phenoxy) is 1. The molecule has 1 aliphatic rings. The fraction of sp³-hybridized carbons (Fsp3) is 0.500. The molecule has 1 aromatic rings. The Labute approximate surface area is 100 Å². The van der Waals surface area contributed by atoms with Gasteiger partial charge in [-0.05, 0) is 25.5 Å². The first-order valence-corrected chi connectivity index (χ1v) is 5.64. The molecule has 92 valence electrons. The van der Waals surface area contributed by atoms with E-state index >= 15 is 0 Å². The molecular formula is C12H16N2O3. The maximum absolute atomic E-state index is 12.1. The van der Waals surface area contributed by atoms with E-state index in [1.54, 1.807) is 18.0 Å². The van der Waals surface area contributed by atoms with Crippen LogP contribution in [0.25, 0.3) is 0 Å². The van der Waals surface area contributed by atoms with Crippen molar-refractivity contribution in [1.29, 1.82) is 0 Å². The summed E-state index contributed by atoms with van der Waals surface area (Å²) >= 11 is 0. The smallest absolute Gasteiger partial charge is 0.276 e. The molecule has 5 heteroatoms. The van der Waals surface area contributed by atoms with E-state index < -0.39 is 0 Å². The Morgan fingerprint density at radius 3 is 3.00 bits per heavy atom. The molecule has 0 bridgehead atoms. The Morgan fingerprint density at radius 2 is 2.41 bits per heavy atom. The fourth-order valence-corrected chi connectivity index (χ4v) is 2.11. The quantitative estimate of drug-likeness (QED) is 0.833. The summed E-state index contributed by atoms with van der Waals surface area (Å²) in [6.07, 6.45) is 2.33. The van der Waals surface area contributed by atoms with Gasteiger partial charge in [-0.15, -0.1) is 0 Å². The van der Waals surface area contributed by atoms with Crippen LogP contribution >= 0.6 is 0 Å². The summed E-state index contributed by atoms with van der Waals surface area (Å²) < 4.78 is 5.43. The van der Waals surface area contributed by atoms with E-state index in [-0.39, 0.29) is 29.5 Å². The molecule has 1 N–H and O–H groups in total. The molecule has 1 aliphatic heterocycles. The second-order valence-corrected chi connectivity index (χ2v) is 4.22. The Kier molecular flexibility index (Phi) is 3.28. The van der Waals surface area contributed by atoms with Gasteiger partial charge in [-0.25, -0.2) is 4.98 Å². The van der Waals surface area contributed by atoms with E-state index in [0.29, 0.717) is 6.61 Å². The minimum absolute atomic E-state index is 0.0230. The van der Waals surface area contributed by atoms with Crippen LogP contribution in [0.5, 0.6) is 5.75 Å². The molecule has 0 aliphatic carbocycles. The first kappa shape index (κ1) is 11.9. The Hall–Kier alpha value is -1.62. The van der Waals surface area contributed by atoms with Crippen molar-refractivity contribution in [1.82, 2.24) is 9.88 Å². The number of amides is 1. The van der Waals surface area contributed by atoms with Gasteiger partial charge in [0.1, 0.15) is 5.75 Å². The lowest BCUT2D eigenvalue weighted by Gasteiger charge is -2.26. The van der Waals surface area contributed by atoms with Crippen LogP contribution in [0.3, 0.4) is 0 Å². The molecule has 0 radical (unpaired) electrons. The molecule has 2 unspecified atom stereocenters. The van der Waals surface area contributed by atoms with E-state index in [1.807, 2.05) is 6.92 Å². The lowest BCUT2D eigenvalue weighted by atomic mass is 10.1. The molecule has 1 fully saturated rings. The predicted molar refractivity (Wildman–Crippen MR) is 61.8 cm³/mol. The molecule has 17 heavy (non-hydrogen) atoms. The highest BCUT2D eigenvalue weighted by atomic mass is 16.5. The Bertz CT molecular complexity index is 422. The van der Waals surface area contributed by atoms with Gasteiger partial charge in [0.2, 0.25) is 0 Å². The zero-order valence-corrected chi connectivity index (χ0v) is 9.96. The SMILES string of the molecule is CC1OCCC1N(C)C(=O)c1ncccc1O. The third-order valence-electron chi connectivity index (χ3n) is 3.14. The van der Waals surface area contributed by atoms with Crippen LogP contribution in [0.2, 0.25) is 0 Å². The number of carbonyl (C=O) groups is 1. The minimum atomic E-state index is -0.273. The van der Waals surface area contributed by atoms with E-state index in [9.17, 15) is 9.90 Å². The van der Waals surface area contributed by atoms with Crippen LogP contribution in [0.15, 0.2) is 18.3 Å². The zero-order chi connectivity index (χ0) is 12.4. The number of carbonyl (C=O) groups excluding carboxylic acids is 1. The number of rotatable bonds is 2. The largest absolute Gasteiger partial charge is 0.505 e. The number of aromatic nitrogens is 1. The van der Waals surface area contributed by atoms with Gasteiger partial charge in [0.15, 0.2) is 5.69 Å². The van der Waals surface area contributed by atoms with Crippen molar-refractivity contribution in [3.8, 4) is 5.75 Å². The second kappa shape index (κ2) is 4.71. The summed E-state index contributed by atoms with van der Waals surface area (Å²) in [5.41, 5.74) is 0.0918. The van der Waals surface area contributed by atoms with Crippen LogP contribution in [-0.2, 0) is 4.74 Å². The number of aromatic hydroxyl groups is 1. The van der Waals surface area contributed by atoms with Crippen molar-refractivity contribution in [2.24, 2.45) is 0 Å². The summed E-state index contributed by atoms with van der Waals surface area (Å²) in [7, 11) is 1.71. The van der Waals surface area contributed by atoms with E-state index in [2.05, 4.69) is 4.98 Å². The highest BCUT2D eigenvalue weighted by Gasteiger charge is 2.32. The van der Waals surface area contributed by atoms with E-state index in [4.69, 9.17) is 4.74 Å². The Morgan fingerprint density at radius 1 is 1.65 bits per heavy atom. The standard InChI is InChI=1S/C12H16N2O3/c1-8-9(5-7-17-8)14(2)12(16)11-10(15)4-3-6-13-11/h3-4,6,8-9,15H,5,7H2,1-2H3. The molecule has 2 atom stereocenters. The summed E-state index contributed by atoms with van der Waals surface area (Å²) in [6, 6.07) is 3.10. The maximum Gasteiger partial charge on any atom is 0.276 e. The van der Waals surface area contributed by atoms with Gasteiger partial charge in [-0.2, -0.15) is 0 Å². The van der Waals surface area contributed by atoms with Crippen LogP contribution in [0, 0.1) is 0 Å². The highest BCUT2D eigenvalue weighted by molar-refractivity contribution is 5.94. The molecule has 1 saturated heterocycles. The van der Waals surface area contributed by atoms with Gasteiger partial charge in [0, 0.05) is 19.9 Å². The maximum atomic E-state index is 12.1. The Balaban J connectivity index is 2.17. The summed E-state index contributed by atoms with van der Waals surface area (Å²) in [5.74, 6) is -0.360. The first-order chi connectivity index (χ1) is 8.11. The van der Waals surface area contributed by atoms with Crippen LogP contribution in [0.4, 0.5) is 0 Å². The average Bonchev–Trinajstić information content (AvgIpc) is 2.74. The van der Waals surface area contributed by atoms with Crippen molar-refractivity contribution >= 4 is 5.91 Å². The molecule has 2 heterocycles. The molecular weight excluding hydrogens is 220 g/mol. The number of likely N-dealkylation sites (N-methyl/N-ethyl adjacent to an activating group) is 1. The monoisotopic (exact) mass is 236 g/mol. The first-order valence-electron chi connectivity index (χ1n) is 5.64. The van der Waals surface area contributed by atoms with Gasteiger partial charge < -0.3 is 14.7 Å². The van der Waals surface area contributed by atoms with Gasteiger partial charge in [-0.3, -0.25) is 4.79 Å². The number of pyridine rings is 1. The average molecular weight is 236 g/mol.